The largest absolute Gasteiger partial charge is 0.339 e. The van der Waals surface area contributed by atoms with Crippen molar-refractivity contribution < 1.29 is 4.79 Å². The van der Waals surface area contributed by atoms with Gasteiger partial charge in [-0.3, -0.25) is 4.79 Å². The van der Waals surface area contributed by atoms with E-state index in [0.29, 0.717) is 13.0 Å². The van der Waals surface area contributed by atoms with Crippen LogP contribution in [0.5, 0.6) is 0 Å². The van der Waals surface area contributed by atoms with Crippen molar-refractivity contribution in [3.8, 4) is 0 Å². The van der Waals surface area contributed by atoms with Gasteiger partial charge in [-0.05, 0) is 18.9 Å². The van der Waals surface area contributed by atoms with E-state index in [1.165, 1.54) is 0 Å². The van der Waals surface area contributed by atoms with Gasteiger partial charge in [-0.1, -0.05) is 0 Å². The van der Waals surface area contributed by atoms with Crippen LogP contribution in [0.25, 0.3) is 0 Å². The van der Waals surface area contributed by atoms with Gasteiger partial charge in [-0.2, -0.15) is 0 Å². The van der Waals surface area contributed by atoms with Gasteiger partial charge in [0, 0.05) is 44.5 Å². The second-order valence-electron chi connectivity index (χ2n) is 5.14. The van der Waals surface area contributed by atoms with E-state index >= 15 is 0 Å². The molecule has 0 N–H and O–H groups in total. The number of rotatable bonds is 2. The number of likely N-dealkylation sites (tertiary alicyclic amines) is 1. The van der Waals surface area contributed by atoms with Crippen LogP contribution >= 0.6 is 11.6 Å². The maximum atomic E-state index is 11.9. The number of carbonyl (C=O) groups is 1. The van der Waals surface area contributed by atoms with E-state index in [2.05, 4.69) is 14.9 Å². The Balaban J connectivity index is 1.70. The molecule has 3 rings (SSSR count). The SMILES string of the molecule is O=C1CC(Cl)CN1C1CCCN(c2ncccn2)C1. The Morgan fingerprint density at radius 2 is 2.05 bits per heavy atom. The van der Waals surface area contributed by atoms with E-state index in [9.17, 15) is 4.79 Å². The lowest BCUT2D eigenvalue weighted by Gasteiger charge is -2.37. The van der Waals surface area contributed by atoms with Gasteiger partial charge in [0.05, 0.1) is 5.38 Å². The fourth-order valence-corrected chi connectivity index (χ4v) is 3.17. The van der Waals surface area contributed by atoms with Crippen molar-refractivity contribution >= 4 is 23.5 Å². The second kappa shape index (κ2) is 5.33. The van der Waals surface area contributed by atoms with Crippen molar-refractivity contribution in [1.82, 2.24) is 14.9 Å². The van der Waals surface area contributed by atoms with Gasteiger partial charge in [0.2, 0.25) is 11.9 Å². The van der Waals surface area contributed by atoms with Crippen LogP contribution in [-0.4, -0.2) is 51.8 Å². The Morgan fingerprint density at radius 1 is 1.26 bits per heavy atom. The minimum Gasteiger partial charge on any atom is -0.339 e. The lowest BCUT2D eigenvalue weighted by molar-refractivity contribution is -0.129. The molecule has 0 spiro atoms. The van der Waals surface area contributed by atoms with Gasteiger partial charge in [-0.15, -0.1) is 11.6 Å². The molecule has 0 radical (unpaired) electrons. The number of carbonyl (C=O) groups excluding carboxylic acids is 1. The minimum atomic E-state index is -0.0316. The van der Waals surface area contributed by atoms with Crippen molar-refractivity contribution in [2.45, 2.75) is 30.7 Å². The highest BCUT2D eigenvalue weighted by Crippen LogP contribution is 2.25. The molecule has 102 valence electrons. The highest BCUT2D eigenvalue weighted by Gasteiger charge is 2.35. The molecule has 6 heteroatoms. The maximum Gasteiger partial charge on any atom is 0.225 e. The molecular formula is C13H17ClN4O. The minimum absolute atomic E-state index is 0.0316. The standard InChI is InChI=1S/C13H17ClN4O/c14-10-7-12(19)18(8-10)11-3-1-6-17(9-11)13-15-4-2-5-16-13/h2,4-5,10-11H,1,3,6-9H2. The van der Waals surface area contributed by atoms with E-state index in [4.69, 9.17) is 11.6 Å². The van der Waals surface area contributed by atoms with Gasteiger partial charge >= 0.3 is 0 Å². The molecule has 1 amide bonds. The number of alkyl halides is 1. The summed E-state index contributed by atoms with van der Waals surface area (Å²) < 4.78 is 0. The molecule has 0 aromatic carbocycles. The van der Waals surface area contributed by atoms with Crippen LogP contribution in [0.2, 0.25) is 0 Å². The Morgan fingerprint density at radius 3 is 2.74 bits per heavy atom. The molecule has 19 heavy (non-hydrogen) atoms. The predicted octanol–water partition coefficient (Wildman–Crippen LogP) is 1.29. The Labute approximate surface area is 117 Å². The zero-order valence-corrected chi connectivity index (χ0v) is 11.5. The van der Waals surface area contributed by atoms with E-state index < -0.39 is 0 Å². The number of amides is 1. The molecule has 2 fully saturated rings. The molecule has 5 nitrogen and oxygen atoms in total. The van der Waals surface area contributed by atoms with Crippen LogP contribution in [0.3, 0.4) is 0 Å². The summed E-state index contributed by atoms with van der Waals surface area (Å²) in [5, 5.41) is -0.0316. The van der Waals surface area contributed by atoms with Crippen LogP contribution in [0.15, 0.2) is 18.5 Å². The number of nitrogens with zero attached hydrogens (tertiary/aromatic N) is 4. The number of halogens is 1. The fraction of sp³-hybridized carbons (Fsp3) is 0.615. The third kappa shape index (κ3) is 2.66. The van der Waals surface area contributed by atoms with Crippen molar-refractivity contribution in [3.05, 3.63) is 18.5 Å². The van der Waals surface area contributed by atoms with E-state index in [-0.39, 0.29) is 17.3 Å². The molecule has 2 aliphatic heterocycles. The molecule has 2 unspecified atom stereocenters. The Hall–Kier alpha value is -1.36. The molecule has 2 aliphatic rings. The van der Waals surface area contributed by atoms with Gasteiger partial charge in [0.25, 0.3) is 0 Å². The van der Waals surface area contributed by atoms with Crippen molar-refractivity contribution in [3.63, 3.8) is 0 Å². The summed E-state index contributed by atoms with van der Waals surface area (Å²) in [6, 6.07) is 2.06. The number of piperidine rings is 1. The normalized spacial score (nSPS) is 27.9. The summed E-state index contributed by atoms with van der Waals surface area (Å²) in [4.78, 5) is 24.6. The van der Waals surface area contributed by atoms with Crippen LogP contribution in [0.4, 0.5) is 5.95 Å². The smallest absolute Gasteiger partial charge is 0.225 e. The molecular weight excluding hydrogens is 264 g/mol. The average molecular weight is 281 g/mol. The number of hydrogen-bond acceptors (Lipinski definition) is 4. The lowest BCUT2D eigenvalue weighted by atomic mass is 10.0. The second-order valence-corrected chi connectivity index (χ2v) is 5.76. The van der Waals surface area contributed by atoms with Gasteiger partial charge < -0.3 is 9.80 Å². The van der Waals surface area contributed by atoms with Crippen molar-refractivity contribution in [2.75, 3.05) is 24.5 Å². The lowest BCUT2D eigenvalue weighted by Crippen LogP contribution is -2.49. The molecule has 2 saturated heterocycles. The first-order chi connectivity index (χ1) is 9.24. The summed E-state index contributed by atoms with van der Waals surface area (Å²) in [6.45, 7) is 2.43. The zero-order valence-electron chi connectivity index (χ0n) is 10.7. The molecule has 1 aromatic heterocycles. The van der Waals surface area contributed by atoms with Crippen LogP contribution in [-0.2, 0) is 4.79 Å². The van der Waals surface area contributed by atoms with Gasteiger partial charge in [-0.25, -0.2) is 9.97 Å². The van der Waals surface area contributed by atoms with Crippen LogP contribution in [0, 0.1) is 0 Å². The maximum absolute atomic E-state index is 11.9. The average Bonchev–Trinajstić information content (AvgIpc) is 2.79. The van der Waals surface area contributed by atoms with E-state index in [1.807, 2.05) is 11.0 Å². The quantitative estimate of drug-likeness (QED) is 0.766. The zero-order chi connectivity index (χ0) is 13.2. The van der Waals surface area contributed by atoms with Crippen molar-refractivity contribution in [1.29, 1.82) is 0 Å². The summed E-state index contributed by atoms with van der Waals surface area (Å²) in [5.74, 6) is 0.932. The summed E-state index contributed by atoms with van der Waals surface area (Å²) in [5.41, 5.74) is 0. The Kier molecular flexibility index (Phi) is 3.55. The molecule has 0 saturated carbocycles. The Bertz CT molecular complexity index is 455. The van der Waals surface area contributed by atoms with E-state index in [1.54, 1.807) is 12.4 Å². The summed E-state index contributed by atoms with van der Waals surface area (Å²) in [6.07, 6.45) is 6.07. The molecule has 0 aliphatic carbocycles. The number of aromatic nitrogens is 2. The summed E-state index contributed by atoms with van der Waals surface area (Å²) in [7, 11) is 0. The third-order valence-corrected chi connectivity index (χ3v) is 4.08. The molecule has 3 heterocycles. The predicted molar refractivity (Wildman–Crippen MR) is 73.2 cm³/mol. The van der Waals surface area contributed by atoms with Gasteiger partial charge in [0.1, 0.15) is 0 Å². The number of hydrogen-bond donors (Lipinski definition) is 0. The van der Waals surface area contributed by atoms with Crippen LogP contribution in [0.1, 0.15) is 19.3 Å². The molecule has 0 bridgehead atoms. The number of anilines is 1. The molecule has 1 aromatic rings. The van der Waals surface area contributed by atoms with Crippen molar-refractivity contribution in [2.24, 2.45) is 0 Å². The summed E-state index contributed by atoms with van der Waals surface area (Å²) >= 11 is 6.07. The first kappa shape index (κ1) is 12.7. The first-order valence-electron chi connectivity index (χ1n) is 6.69. The fourth-order valence-electron chi connectivity index (χ4n) is 2.88. The highest BCUT2D eigenvalue weighted by molar-refractivity contribution is 6.22. The van der Waals surface area contributed by atoms with Crippen LogP contribution < -0.4 is 4.90 Å². The topological polar surface area (TPSA) is 49.3 Å². The van der Waals surface area contributed by atoms with E-state index in [0.717, 1.165) is 31.9 Å². The third-order valence-electron chi connectivity index (χ3n) is 3.78. The highest BCUT2D eigenvalue weighted by atomic mass is 35.5. The first-order valence-corrected chi connectivity index (χ1v) is 7.13. The monoisotopic (exact) mass is 280 g/mol. The molecule has 2 atom stereocenters. The van der Waals surface area contributed by atoms with Gasteiger partial charge in [0.15, 0.2) is 0 Å².